The van der Waals surface area contributed by atoms with E-state index >= 15 is 0 Å². The second-order valence-corrected chi connectivity index (χ2v) is 13.2. The van der Waals surface area contributed by atoms with Crippen LogP contribution in [0.3, 0.4) is 0 Å². The summed E-state index contributed by atoms with van der Waals surface area (Å²) >= 11 is 0. The van der Waals surface area contributed by atoms with E-state index in [1.165, 1.54) is 0 Å². The molecule has 0 fully saturated rings. The zero-order chi connectivity index (χ0) is 35.2. The molecule has 0 saturated heterocycles. The predicted octanol–water partition coefficient (Wildman–Crippen LogP) is 12.7. The molecular weight excluding hydrogens is 639 g/mol. The van der Waals surface area contributed by atoms with Crippen LogP contribution in [0.4, 0.5) is 17.1 Å². The normalized spacial score (nSPS) is 11.3. The van der Waals surface area contributed by atoms with Crippen LogP contribution in [0.15, 0.2) is 182 Å². The van der Waals surface area contributed by atoms with Crippen LogP contribution in [0.1, 0.15) is 0 Å². The molecule has 0 saturated carbocycles. The summed E-state index contributed by atoms with van der Waals surface area (Å²) in [6.45, 7) is 0. The van der Waals surface area contributed by atoms with Gasteiger partial charge in [-0.05, 0) is 157 Å². The number of anilines is 3. The first kappa shape index (κ1) is 31.0. The molecule has 9 aromatic carbocycles. The molecule has 0 radical (unpaired) electrons. The van der Waals surface area contributed by atoms with E-state index in [0.29, 0.717) is 0 Å². The molecule has 0 aliphatic heterocycles. The Morgan fingerprint density at radius 2 is 0.462 bits per heavy atom. The number of aromatic hydroxyl groups is 3. The number of phenols is 3. The largest absolute Gasteiger partial charge is 0.508 e. The minimum atomic E-state index is 0.266. The van der Waals surface area contributed by atoms with Crippen molar-refractivity contribution >= 4 is 49.4 Å². The van der Waals surface area contributed by atoms with E-state index < -0.39 is 0 Å². The van der Waals surface area contributed by atoms with E-state index in [-0.39, 0.29) is 17.2 Å². The van der Waals surface area contributed by atoms with Gasteiger partial charge in [-0.1, -0.05) is 91.0 Å². The van der Waals surface area contributed by atoms with E-state index in [4.69, 9.17) is 0 Å². The molecule has 0 spiro atoms. The van der Waals surface area contributed by atoms with Gasteiger partial charge >= 0.3 is 0 Å². The molecule has 0 unspecified atom stereocenters. The Balaban J connectivity index is 1.08. The van der Waals surface area contributed by atoms with Gasteiger partial charge in [0.15, 0.2) is 0 Å². The molecule has 0 amide bonds. The van der Waals surface area contributed by atoms with Crippen molar-refractivity contribution < 1.29 is 15.3 Å². The van der Waals surface area contributed by atoms with Gasteiger partial charge in [0.25, 0.3) is 0 Å². The Bertz CT molecular complexity index is 2450. The van der Waals surface area contributed by atoms with Gasteiger partial charge in [0, 0.05) is 17.1 Å². The number of nitrogens with zero attached hydrogens (tertiary/aromatic N) is 1. The summed E-state index contributed by atoms with van der Waals surface area (Å²) in [5.74, 6) is 0.799. The minimum absolute atomic E-state index is 0.266. The van der Waals surface area contributed by atoms with Gasteiger partial charge in [0.2, 0.25) is 0 Å². The lowest BCUT2D eigenvalue weighted by Crippen LogP contribution is -2.09. The fourth-order valence-corrected chi connectivity index (χ4v) is 7.09. The van der Waals surface area contributed by atoms with Crippen molar-refractivity contribution in [1.82, 2.24) is 0 Å². The van der Waals surface area contributed by atoms with Gasteiger partial charge in [-0.2, -0.15) is 0 Å². The van der Waals surface area contributed by atoms with E-state index in [1.54, 1.807) is 36.4 Å². The van der Waals surface area contributed by atoms with Crippen molar-refractivity contribution in [3.05, 3.63) is 182 Å². The van der Waals surface area contributed by atoms with E-state index in [2.05, 4.69) is 114 Å². The van der Waals surface area contributed by atoms with Crippen molar-refractivity contribution in [3.8, 4) is 50.6 Å². The molecule has 3 N–H and O–H groups in total. The van der Waals surface area contributed by atoms with Crippen LogP contribution in [0, 0.1) is 0 Å². The lowest BCUT2D eigenvalue weighted by molar-refractivity contribution is 0.475. The average Bonchev–Trinajstić information content (AvgIpc) is 3.18. The van der Waals surface area contributed by atoms with Gasteiger partial charge in [0.1, 0.15) is 17.2 Å². The third-order valence-electron chi connectivity index (χ3n) is 9.85. The van der Waals surface area contributed by atoms with Gasteiger partial charge in [-0.25, -0.2) is 0 Å². The highest BCUT2D eigenvalue weighted by atomic mass is 16.3. The lowest BCUT2D eigenvalue weighted by atomic mass is 9.99. The molecular formula is C48H33NO3. The maximum absolute atomic E-state index is 9.91. The molecule has 52 heavy (non-hydrogen) atoms. The topological polar surface area (TPSA) is 63.9 Å². The molecule has 0 aromatic heterocycles. The van der Waals surface area contributed by atoms with Crippen molar-refractivity contribution in [3.63, 3.8) is 0 Å². The second-order valence-electron chi connectivity index (χ2n) is 13.2. The monoisotopic (exact) mass is 671 g/mol. The second kappa shape index (κ2) is 12.7. The number of benzene rings is 9. The van der Waals surface area contributed by atoms with Crippen LogP contribution in [0.2, 0.25) is 0 Å². The molecule has 0 aliphatic carbocycles. The van der Waals surface area contributed by atoms with Crippen LogP contribution in [-0.4, -0.2) is 15.3 Å². The number of phenolic OH excluding ortho intramolecular Hbond substituents is 3. The Kier molecular flexibility index (Phi) is 7.56. The summed E-state index contributed by atoms with van der Waals surface area (Å²) < 4.78 is 0. The lowest BCUT2D eigenvalue weighted by Gasteiger charge is -2.26. The molecule has 0 heterocycles. The number of hydrogen-bond donors (Lipinski definition) is 3. The maximum atomic E-state index is 9.91. The number of rotatable bonds is 6. The molecule has 9 aromatic rings. The smallest absolute Gasteiger partial charge is 0.116 e. The minimum Gasteiger partial charge on any atom is -0.508 e. The standard InChI is InChI=1S/C48H33NO3/c50-46-22-13-37-25-34(1-4-40(37)28-46)31-7-16-43(17-8-31)49(44-18-9-32(10-19-44)35-2-5-41-29-47(51)23-14-38(41)26-35)45-20-11-33(12-21-45)36-3-6-42-30-48(52)24-15-39(42)27-36/h1-30,50-52H. The van der Waals surface area contributed by atoms with E-state index in [9.17, 15) is 15.3 Å². The average molecular weight is 672 g/mol. The molecule has 0 bridgehead atoms. The van der Waals surface area contributed by atoms with Crippen molar-refractivity contribution in [2.45, 2.75) is 0 Å². The fourth-order valence-electron chi connectivity index (χ4n) is 7.09. The van der Waals surface area contributed by atoms with Crippen LogP contribution >= 0.6 is 0 Å². The maximum Gasteiger partial charge on any atom is 0.116 e. The molecule has 4 nitrogen and oxygen atoms in total. The van der Waals surface area contributed by atoms with Crippen molar-refractivity contribution in [2.75, 3.05) is 4.90 Å². The zero-order valence-corrected chi connectivity index (χ0v) is 28.1. The Hall–Kier alpha value is -7.04. The Labute approximate surface area is 301 Å². The van der Waals surface area contributed by atoms with Gasteiger partial charge in [-0.15, -0.1) is 0 Å². The van der Waals surface area contributed by atoms with Crippen molar-refractivity contribution in [2.24, 2.45) is 0 Å². The predicted molar refractivity (Wildman–Crippen MR) is 215 cm³/mol. The van der Waals surface area contributed by atoms with Crippen LogP contribution in [0.25, 0.3) is 65.7 Å². The first-order valence-electron chi connectivity index (χ1n) is 17.2. The van der Waals surface area contributed by atoms with Crippen LogP contribution in [-0.2, 0) is 0 Å². The summed E-state index contributed by atoms with van der Waals surface area (Å²) in [7, 11) is 0. The third kappa shape index (κ3) is 5.93. The summed E-state index contributed by atoms with van der Waals surface area (Å²) in [6, 6.07) is 61.2. The highest BCUT2D eigenvalue weighted by molar-refractivity contribution is 5.91. The van der Waals surface area contributed by atoms with Gasteiger partial charge in [0.05, 0.1) is 0 Å². The van der Waals surface area contributed by atoms with E-state index in [1.807, 2.05) is 36.4 Å². The highest BCUT2D eigenvalue weighted by Gasteiger charge is 2.14. The highest BCUT2D eigenvalue weighted by Crippen LogP contribution is 2.39. The molecule has 0 atom stereocenters. The van der Waals surface area contributed by atoms with Crippen LogP contribution in [0.5, 0.6) is 17.2 Å². The van der Waals surface area contributed by atoms with Gasteiger partial charge in [-0.3, -0.25) is 0 Å². The summed E-state index contributed by atoms with van der Waals surface area (Å²) in [5, 5.41) is 36.0. The molecule has 0 aliphatic rings. The van der Waals surface area contributed by atoms with Gasteiger partial charge < -0.3 is 20.2 Å². The first-order chi connectivity index (χ1) is 25.4. The first-order valence-corrected chi connectivity index (χ1v) is 17.2. The van der Waals surface area contributed by atoms with E-state index in [0.717, 1.165) is 82.8 Å². The zero-order valence-electron chi connectivity index (χ0n) is 28.1. The Morgan fingerprint density at radius 3 is 0.750 bits per heavy atom. The molecule has 248 valence electrons. The molecule has 4 heteroatoms. The fraction of sp³-hybridized carbons (Fsp3) is 0. The number of fused-ring (bicyclic) bond motifs is 3. The summed E-state index contributed by atoms with van der Waals surface area (Å²) in [4.78, 5) is 2.27. The summed E-state index contributed by atoms with van der Waals surface area (Å²) in [6.07, 6.45) is 0. The Morgan fingerprint density at radius 1 is 0.231 bits per heavy atom. The SMILES string of the molecule is Oc1ccc2cc(-c3ccc(N(c4ccc(-c5ccc6cc(O)ccc6c5)cc4)c4ccc(-c5ccc6cc(O)ccc6c5)cc4)cc3)ccc2c1. The molecule has 9 rings (SSSR count). The number of hydrogen-bond acceptors (Lipinski definition) is 4. The third-order valence-corrected chi connectivity index (χ3v) is 9.85. The quantitative estimate of drug-likeness (QED) is 0.165. The van der Waals surface area contributed by atoms with Crippen LogP contribution < -0.4 is 4.90 Å². The summed E-state index contributed by atoms with van der Waals surface area (Å²) in [5.41, 5.74) is 9.77. The van der Waals surface area contributed by atoms with Crippen molar-refractivity contribution in [1.29, 1.82) is 0 Å².